The van der Waals surface area contributed by atoms with Crippen molar-refractivity contribution >= 4 is 17.4 Å². The Bertz CT molecular complexity index is 895. The molecule has 1 amide bonds. The summed E-state index contributed by atoms with van der Waals surface area (Å²) >= 11 is 0. The molecule has 7 heteroatoms. The van der Waals surface area contributed by atoms with Gasteiger partial charge in [-0.2, -0.15) is 0 Å². The van der Waals surface area contributed by atoms with Gasteiger partial charge in [-0.25, -0.2) is 4.39 Å². The van der Waals surface area contributed by atoms with Crippen LogP contribution in [0.2, 0.25) is 0 Å². The van der Waals surface area contributed by atoms with Crippen LogP contribution in [0, 0.1) is 5.82 Å². The topological polar surface area (TPSA) is 59.1 Å². The molecule has 1 aliphatic rings. The highest BCUT2D eigenvalue weighted by Gasteiger charge is 2.25. The fourth-order valence-electron chi connectivity index (χ4n) is 3.43. The number of amides is 1. The molecule has 1 aliphatic heterocycles. The van der Waals surface area contributed by atoms with Crippen molar-refractivity contribution in [3.05, 3.63) is 59.4 Å². The summed E-state index contributed by atoms with van der Waals surface area (Å²) in [5.41, 5.74) is 1.32. The largest absolute Gasteiger partial charge is 0.490 e. The van der Waals surface area contributed by atoms with Gasteiger partial charge in [-0.1, -0.05) is 12.1 Å². The second-order valence-electron chi connectivity index (χ2n) is 7.04. The number of benzene rings is 2. The second-order valence-corrected chi connectivity index (χ2v) is 7.04. The molecule has 0 unspecified atom stereocenters. The number of para-hydroxylation sites is 1. The number of anilines is 1. The van der Waals surface area contributed by atoms with Crippen LogP contribution in [0.3, 0.4) is 0 Å². The van der Waals surface area contributed by atoms with Gasteiger partial charge in [0.15, 0.2) is 5.78 Å². The van der Waals surface area contributed by atoms with E-state index in [-0.39, 0.29) is 11.7 Å². The smallest absolute Gasteiger partial charge is 0.257 e. The summed E-state index contributed by atoms with van der Waals surface area (Å²) in [4.78, 5) is 28.1. The predicted octanol–water partition coefficient (Wildman–Crippen LogP) is 3.41. The second kappa shape index (κ2) is 10.2. The number of ketones is 1. The van der Waals surface area contributed by atoms with Gasteiger partial charge in [0.1, 0.15) is 18.2 Å². The van der Waals surface area contributed by atoms with E-state index in [1.807, 2.05) is 24.0 Å². The average molecular weight is 414 g/mol. The van der Waals surface area contributed by atoms with Crippen molar-refractivity contribution in [3.63, 3.8) is 0 Å². The summed E-state index contributed by atoms with van der Waals surface area (Å²) in [6, 6.07) is 11.7. The Morgan fingerprint density at radius 1 is 1.03 bits per heavy atom. The Labute approximate surface area is 176 Å². The van der Waals surface area contributed by atoms with Crippen LogP contribution in [-0.2, 0) is 4.74 Å². The Kier molecular flexibility index (Phi) is 7.41. The molecule has 0 spiro atoms. The van der Waals surface area contributed by atoms with Crippen molar-refractivity contribution in [1.82, 2.24) is 4.90 Å². The summed E-state index contributed by atoms with van der Waals surface area (Å²) in [6.07, 6.45) is 0. The maximum atomic E-state index is 14.4. The van der Waals surface area contributed by atoms with Crippen LogP contribution >= 0.6 is 0 Å². The third-order valence-electron chi connectivity index (χ3n) is 5.07. The van der Waals surface area contributed by atoms with E-state index >= 15 is 0 Å². The fourth-order valence-corrected chi connectivity index (χ4v) is 3.43. The first-order valence-electron chi connectivity index (χ1n) is 10.2. The predicted molar refractivity (Wildman–Crippen MR) is 113 cm³/mol. The molecule has 0 bridgehead atoms. The number of hydrogen-bond acceptors (Lipinski definition) is 5. The molecule has 6 nitrogen and oxygen atoms in total. The molecule has 0 saturated carbocycles. The van der Waals surface area contributed by atoms with Crippen LogP contribution in [0.1, 0.15) is 34.6 Å². The number of rotatable bonds is 8. The molecule has 0 aromatic heterocycles. The van der Waals surface area contributed by atoms with Crippen LogP contribution < -0.4 is 9.64 Å². The zero-order chi connectivity index (χ0) is 21.5. The molecule has 0 radical (unpaired) electrons. The number of hydrogen-bond donors (Lipinski definition) is 0. The molecule has 30 heavy (non-hydrogen) atoms. The summed E-state index contributed by atoms with van der Waals surface area (Å²) in [5.74, 6) is -0.155. The van der Waals surface area contributed by atoms with Crippen molar-refractivity contribution in [2.75, 3.05) is 50.9 Å². The molecule has 3 rings (SSSR count). The van der Waals surface area contributed by atoms with Crippen LogP contribution in [0.4, 0.5) is 10.1 Å². The number of ether oxygens (including phenoxy) is 2. The summed E-state index contributed by atoms with van der Waals surface area (Å²) < 4.78 is 25.4. The Hall–Kier alpha value is -2.93. The van der Waals surface area contributed by atoms with E-state index in [9.17, 15) is 14.0 Å². The van der Waals surface area contributed by atoms with Gasteiger partial charge in [0, 0.05) is 38.3 Å². The number of halogens is 1. The minimum absolute atomic E-state index is 0.103. The Balaban J connectivity index is 1.63. The van der Waals surface area contributed by atoms with Gasteiger partial charge in [0.2, 0.25) is 0 Å². The molecule has 2 aromatic rings. The highest BCUT2D eigenvalue weighted by Crippen LogP contribution is 2.24. The number of Topliss-reactive ketones (excluding diaryl/α,β-unsaturated/α-hetero) is 1. The fraction of sp³-hybridized carbons (Fsp3) is 0.391. The summed E-state index contributed by atoms with van der Waals surface area (Å²) in [6.45, 7) is 6.75. The highest BCUT2D eigenvalue weighted by molar-refractivity contribution is 5.97. The molecule has 2 aromatic carbocycles. The lowest BCUT2D eigenvalue weighted by atomic mass is 10.1. The van der Waals surface area contributed by atoms with Gasteiger partial charge >= 0.3 is 0 Å². The third kappa shape index (κ3) is 5.16. The van der Waals surface area contributed by atoms with Gasteiger partial charge in [-0.3, -0.25) is 9.59 Å². The van der Waals surface area contributed by atoms with E-state index in [1.54, 1.807) is 29.2 Å². The number of carbonyl (C=O) groups is 2. The molecule has 0 aliphatic carbocycles. The number of carbonyl (C=O) groups excluding carboxylic acids is 2. The molecule has 1 saturated heterocycles. The average Bonchev–Trinajstić information content (AvgIpc) is 2.76. The lowest BCUT2D eigenvalue weighted by Crippen LogP contribution is -2.49. The molecular formula is C23H27FN2O4. The minimum Gasteiger partial charge on any atom is -0.490 e. The maximum absolute atomic E-state index is 14.4. The first kappa shape index (κ1) is 21.8. The van der Waals surface area contributed by atoms with E-state index in [0.29, 0.717) is 68.6 Å². The van der Waals surface area contributed by atoms with E-state index in [0.717, 1.165) is 0 Å². The first-order valence-corrected chi connectivity index (χ1v) is 10.2. The molecule has 1 heterocycles. The maximum Gasteiger partial charge on any atom is 0.257 e. The Morgan fingerprint density at radius 3 is 2.43 bits per heavy atom. The zero-order valence-electron chi connectivity index (χ0n) is 17.4. The van der Waals surface area contributed by atoms with Gasteiger partial charge in [-0.05, 0) is 44.2 Å². The zero-order valence-corrected chi connectivity index (χ0v) is 17.4. The van der Waals surface area contributed by atoms with Crippen LogP contribution in [0.15, 0.2) is 42.5 Å². The summed E-state index contributed by atoms with van der Waals surface area (Å²) in [5, 5.41) is 0. The van der Waals surface area contributed by atoms with E-state index in [4.69, 9.17) is 9.47 Å². The van der Waals surface area contributed by atoms with Crippen molar-refractivity contribution in [1.29, 1.82) is 0 Å². The monoisotopic (exact) mass is 414 g/mol. The lowest BCUT2D eigenvalue weighted by Gasteiger charge is -2.36. The van der Waals surface area contributed by atoms with E-state index in [1.165, 1.54) is 13.0 Å². The third-order valence-corrected chi connectivity index (χ3v) is 5.07. The quantitative estimate of drug-likeness (QED) is 0.489. The standard InChI is InChI=1S/C23H27FN2O4/c1-3-29-14-15-30-22-7-5-4-6-19(22)23(28)26-12-10-25(11-13-26)21-9-8-18(17(2)27)16-20(21)24/h4-9,16H,3,10-15H2,1-2H3. The van der Waals surface area contributed by atoms with Gasteiger partial charge in [0.25, 0.3) is 5.91 Å². The van der Waals surface area contributed by atoms with E-state index in [2.05, 4.69) is 0 Å². The first-order chi connectivity index (χ1) is 14.5. The van der Waals surface area contributed by atoms with Crippen LogP contribution in [0.25, 0.3) is 0 Å². The highest BCUT2D eigenvalue weighted by atomic mass is 19.1. The van der Waals surface area contributed by atoms with Crippen molar-refractivity contribution in [2.45, 2.75) is 13.8 Å². The molecule has 0 N–H and O–H groups in total. The number of nitrogens with zero attached hydrogens (tertiary/aromatic N) is 2. The van der Waals surface area contributed by atoms with E-state index < -0.39 is 5.82 Å². The number of piperazine rings is 1. The van der Waals surface area contributed by atoms with Gasteiger partial charge < -0.3 is 19.3 Å². The van der Waals surface area contributed by atoms with Crippen molar-refractivity contribution in [2.24, 2.45) is 0 Å². The molecule has 1 fully saturated rings. The van der Waals surface area contributed by atoms with Crippen LogP contribution in [0.5, 0.6) is 5.75 Å². The lowest BCUT2D eigenvalue weighted by molar-refractivity contribution is 0.0736. The molecular weight excluding hydrogens is 387 g/mol. The van der Waals surface area contributed by atoms with Gasteiger partial charge in [-0.15, -0.1) is 0 Å². The molecule has 160 valence electrons. The normalized spacial score (nSPS) is 14.0. The minimum atomic E-state index is -0.421. The Morgan fingerprint density at radius 2 is 1.77 bits per heavy atom. The van der Waals surface area contributed by atoms with Crippen LogP contribution in [-0.4, -0.2) is 62.6 Å². The SMILES string of the molecule is CCOCCOc1ccccc1C(=O)N1CCN(c2ccc(C(C)=O)cc2F)CC1. The molecule has 0 atom stereocenters. The van der Waals surface area contributed by atoms with Gasteiger partial charge in [0.05, 0.1) is 17.9 Å². The van der Waals surface area contributed by atoms with Crippen molar-refractivity contribution < 1.29 is 23.5 Å². The van der Waals surface area contributed by atoms with Crippen molar-refractivity contribution in [3.8, 4) is 5.75 Å². The summed E-state index contributed by atoms with van der Waals surface area (Å²) in [7, 11) is 0.